The molecule has 0 saturated heterocycles. The van der Waals surface area contributed by atoms with Gasteiger partial charge in [-0.15, -0.1) is 0 Å². The molecule has 0 spiro atoms. The summed E-state index contributed by atoms with van der Waals surface area (Å²) in [5, 5.41) is 0. The molecule has 0 bridgehead atoms. The highest BCUT2D eigenvalue weighted by atomic mass is 15.0. The maximum absolute atomic E-state index is 2.36. The van der Waals surface area contributed by atoms with Gasteiger partial charge in [-0.3, -0.25) is 0 Å². The van der Waals surface area contributed by atoms with Gasteiger partial charge >= 0.3 is 0 Å². The predicted molar refractivity (Wildman–Crippen MR) is 172 cm³/mol. The molecule has 0 amide bonds. The van der Waals surface area contributed by atoms with Crippen molar-refractivity contribution in [3.63, 3.8) is 0 Å². The minimum Gasteiger partial charge on any atom is -0.309 e. The highest BCUT2D eigenvalue weighted by Gasteiger charge is 2.10. The maximum Gasteiger partial charge on any atom is -0.00247 e. The normalized spacial score (nSPS) is 12.7. The second-order valence-electron chi connectivity index (χ2n) is 13.0. The van der Waals surface area contributed by atoms with Crippen LogP contribution in [0.15, 0.2) is 0 Å². The Morgan fingerprint density at radius 3 is 0.892 bits per heavy atom. The first-order valence-electron chi connectivity index (χ1n) is 17.8. The fourth-order valence-corrected chi connectivity index (χ4v) is 6.25. The molecule has 1 atom stereocenters. The first-order chi connectivity index (χ1) is 18.1. The van der Waals surface area contributed by atoms with Crippen molar-refractivity contribution in [2.45, 2.75) is 201 Å². The van der Waals surface area contributed by atoms with Gasteiger partial charge in [-0.05, 0) is 45.3 Å². The minimum atomic E-state index is 0.998. The number of hydrogen-bond donors (Lipinski definition) is 0. The van der Waals surface area contributed by atoms with Crippen molar-refractivity contribution in [2.24, 2.45) is 11.8 Å². The largest absolute Gasteiger partial charge is 0.309 e. The maximum atomic E-state index is 2.36. The van der Waals surface area contributed by atoms with Crippen LogP contribution in [-0.2, 0) is 0 Å². The summed E-state index contributed by atoms with van der Waals surface area (Å²) in [6, 6.07) is 0. The van der Waals surface area contributed by atoms with Crippen molar-refractivity contribution >= 4 is 0 Å². The lowest BCUT2D eigenvalue weighted by Gasteiger charge is -2.18. The second kappa shape index (κ2) is 30.5. The molecule has 0 aromatic rings. The molecule has 0 radical (unpaired) electrons. The van der Waals surface area contributed by atoms with E-state index in [1.54, 1.807) is 0 Å². The zero-order chi connectivity index (χ0) is 27.2. The first-order valence-corrected chi connectivity index (χ1v) is 17.8. The number of nitrogens with zero attached hydrogens (tertiary/aromatic N) is 1. The van der Waals surface area contributed by atoms with Crippen LogP contribution in [0.3, 0.4) is 0 Å². The van der Waals surface area contributed by atoms with Crippen molar-refractivity contribution in [1.82, 2.24) is 4.90 Å². The highest BCUT2D eigenvalue weighted by Crippen LogP contribution is 2.25. The van der Waals surface area contributed by atoms with Gasteiger partial charge in [0.1, 0.15) is 0 Å². The molecular weight excluding hydrogens is 446 g/mol. The molecule has 0 aliphatic heterocycles. The first kappa shape index (κ1) is 37.0. The van der Waals surface area contributed by atoms with Gasteiger partial charge < -0.3 is 4.90 Å². The van der Waals surface area contributed by atoms with E-state index in [-0.39, 0.29) is 0 Å². The molecule has 37 heavy (non-hydrogen) atoms. The van der Waals surface area contributed by atoms with Crippen molar-refractivity contribution in [3.05, 3.63) is 0 Å². The lowest BCUT2D eigenvalue weighted by atomic mass is 9.89. The molecule has 0 aromatic heterocycles. The van der Waals surface area contributed by atoms with Crippen LogP contribution in [-0.4, -0.2) is 25.5 Å². The third-order valence-electron chi connectivity index (χ3n) is 8.84. The zero-order valence-corrected chi connectivity index (χ0v) is 27.1. The molecule has 0 rings (SSSR count). The van der Waals surface area contributed by atoms with Crippen LogP contribution in [0.5, 0.6) is 0 Å². The van der Waals surface area contributed by atoms with Crippen molar-refractivity contribution in [3.8, 4) is 0 Å². The monoisotopic (exact) mass is 522 g/mol. The van der Waals surface area contributed by atoms with Crippen LogP contribution in [0.1, 0.15) is 201 Å². The standard InChI is InChI=1S/C36H75N/c1-6-9-12-13-16-19-25-31-36(33-27-34-37(4)5)32-26-21-18-15-14-17-20-24-30-35(28-22-10-7-2)29-23-11-8-3/h35-36H,6-34H2,1-5H3. The second-order valence-corrected chi connectivity index (χ2v) is 13.0. The summed E-state index contributed by atoms with van der Waals surface area (Å²) < 4.78 is 0. The number of rotatable bonds is 31. The third kappa shape index (κ3) is 28.8. The third-order valence-corrected chi connectivity index (χ3v) is 8.84. The van der Waals surface area contributed by atoms with Crippen molar-refractivity contribution in [1.29, 1.82) is 0 Å². The SMILES string of the molecule is CCCCCCCCCC(CCCCCCCCCCC(CCCCC)CCCCC)CCCN(C)C. The van der Waals surface area contributed by atoms with Crippen molar-refractivity contribution in [2.75, 3.05) is 20.6 Å². The average Bonchev–Trinajstić information content (AvgIpc) is 2.88. The Labute approximate surface area is 237 Å². The van der Waals surface area contributed by atoms with Gasteiger partial charge in [0.2, 0.25) is 0 Å². The van der Waals surface area contributed by atoms with Crippen LogP contribution in [0, 0.1) is 11.8 Å². The Kier molecular flexibility index (Phi) is 30.5. The summed E-state index contributed by atoms with van der Waals surface area (Å²) in [6.45, 7) is 8.27. The van der Waals surface area contributed by atoms with Gasteiger partial charge in [0.15, 0.2) is 0 Å². The molecule has 0 aliphatic carbocycles. The smallest absolute Gasteiger partial charge is 0.00247 e. The van der Waals surface area contributed by atoms with Crippen LogP contribution in [0.2, 0.25) is 0 Å². The van der Waals surface area contributed by atoms with Gasteiger partial charge in [0.25, 0.3) is 0 Å². The topological polar surface area (TPSA) is 3.24 Å². The Morgan fingerprint density at radius 2 is 0.568 bits per heavy atom. The fraction of sp³-hybridized carbons (Fsp3) is 1.00. The fourth-order valence-electron chi connectivity index (χ4n) is 6.25. The van der Waals surface area contributed by atoms with Gasteiger partial charge in [-0.2, -0.15) is 0 Å². The van der Waals surface area contributed by atoms with E-state index in [9.17, 15) is 0 Å². The van der Waals surface area contributed by atoms with E-state index in [0.29, 0.717) is 0 Å². The van der Waals surface area contributed by atoms with Crippen molar-refractivity contribution < 1.29 is 0 Å². The van der Waals surface area contributed by atoms with Gasteiger partial charge in [-0.25, -0.2) is 0 Å². The van der Waals surface area contributed by atoms with Crippen LogP contribution >= 0.6 is 0 Å². The van der Waals surface area contributed by atoms with E-state index >= 15 is 0 Å². The van der Waals surface area contributed by atoms with Crippen LogP contribution < -0.4 is 0 Å². The average molecular weight is 522 g/mol. The number of hydrogen-bond acceptors (Lipinski definition) is 1. The predicted octanol–water partition coefficient (Wildman–Crippen LogP) is 12.8. The number of unbranched alkanes of at least 4 members (excludes halogenated alkanes) is 17. The van der Waals surface area contributed by atoms with E-state index in [1.807, 2.05) is 0 Å². The lowest BCUT2D eigenvalue weighted by Crippen LogP contribution is -2.14. The van der Waals surface area contributed by atoms with E-state index in [0.717, 1.165) is 11.8 Å². The Bertz CT molecular complexity index is 393. The Morgan fingerprint density at radius 1 is 0.324 bits per heavy atom. The summed E-state index contributed by atoms with van der Waals surface area (Å²) in [4.78, 5) is 2.36. The summed E-state index contributed by atoms with van der Waals surface area (Å²) in [7, 11) is 4.45. The Balaban J connectivity index is 3.85. The molecule has 1 unspecified atom stereocenters. The van der Waals surface area contributed by atoms with Gasteiger partial charge in [0, 0.05) is 0 Å². The Hall–Kier alpha value is -0.0400. The van der Waals surface area contributed by atoms with Gasteiger partial charge in [0.05, 0.1) is 0 Å². The quantitative estimate of drug-likeness (QED) is 0.0820. The molecule has 0 heterocycles. The molecule has 0 aliphatic rings. The molecule has 1 nitrogen and oxygen atoms in total. The van der Waals surface area contributed by atoms with E-state index in [1.165, 1.54) is 186 Å². The van der Waals surface area contributed by atoms with E-state index in [4.69, 9.17) is 0 Å². The molecule has 0 saturated carbocycles. The summed E-state index contributed by atoms with van der Waals surface area (Å²) in [5.41, 5.74) is 0. The lowest BCUT2D eigenvalue weighted by molar-refractivity contribution is 0.332. The van der Waals surface area contributed by atoms with Gasteiger partial charge in [-0.1, -0.05) is 188 Å². The molecular formula is C36H75N. The molecule has 0 fully saturated rings. The summed E-state index contributed by atoms with van der Waals surface area (Å²) in [6.07, 6.45) is 41.0. The molecule has 0 aromatic carbocycles. The van der Waals surface area contributed by atoms with Crippen LogP contribution in [0.25, 0.3) is 0 Å². The summed E-state index contributed by atoms with van der Waals surface area (Å²) >= 11 is 0. The van der Waals surface area contributed by atoms with E-state index < -0.39 is 0 Å². The summed E-state index contributed by atoms with van der Waals surface area (Å²) in [5.74, 6) is 2.03. The van der Waals surface area contributed by atoms with Crippen LogP contribution in [0.4, 0.5) is 0 Å². The minimum absolute atomic E-state index is 0.998. The molecule has 0 N–H and O–H groups in total. The zero-order valence-electron chi connectivity index (χ0n) is 27.1. The van der Waals surface area contributed by atoms with E-state index in [2.05, 4.69) is 39.8 Å². The highest BCUT2D eigenvalue weighted by molar-refractivity contribution is 4.64. The molecule has 224 valence electrons. The molecule has 1 heteroatoms.